The Balaban J connectivity index is 1.92. The van der Waals surface area contributed by atoms with E-state index in [1.165, 1.54) is 12.1 Å². The van der Waals surface area contributed by atoms with E-state index in [4.69, 9.17) is 0 Å². The Morgan fingerprint density at radius 1 is 1.06 bits per heavy atom. The molecule has 1 heterocycles. The van der Waals surface area contributed by atoms with Gasteiger partial charge in [-0.25, -0.2) is 4.39 Å². The Bertz CT molecular complexity index is 372. The van der Waals surface area contributed by atoms with E-state index in [0.717, 1.165) is 31.9 Å². The molecule has 0 spiro atoms. The summed E-state index contributed by atoms with van der Waals surface area (Å²) in [7, 11) is 0. The second kappa shape index (κ2) is 5.67. The van der Waals surface area contributed by atoms with Crippen LogP contribution in [0, 0.1) is 5.82 Å². The molecule has 0 aliphatic carbocycles. The van der Waals surface area contributed by atoms with Crippen LogP contribution in [0.15, 0.2) is 24.3 Å². The molecule has 100 valence electrons. The summed E-state index contributed by atoms with van der Waals surface area (Å²) in [6, 6.07) is 6.84. The third-order valence-electron chi connectivity index (χ3n) is 3.78. The minimum Gasteiger partial charge on any atom is -0.392 e. The SMILES string of the molecule is CC(O)C(C)N1CCN(c2ccc(F)cc2)CC1. The van der Waals surface area contributed by atoms with Gasteiger partial charge in [0.15, 0.2) is 0 Å². The number of aliphatic hydroxyl groups excluding tert-OH is 1. The Morgan fingerprint density at radius 2 is 1.61 bits per heavy atom. The van der Waals surface area contributed by atoms with Crippen molar-refractivity contribution in [2.24, 2.45) is 0 Å². The fourth-order valence-electron chi connectivity index (χ4n) is 2.34. The van der Waals surface area contributed by atoms with Gasteiger partial charge in [0.05, 0.1) is 6.10 Å². The molecule has 1 saturated heterocycles. The zero-order chi connectivity index (χ0) is 13.1. The normalized spacial score (nSPS) is 20.8. The Hall–Kier alpha value is -1.13. The summed E-state index contributed by atoms with van der Waals surface area (Å²) in [5.74, 6) is -0.194. The van der Waals surface area contributed by atoms with Gasteiger partial charge in [-0.1, -0.05) is 0 Å². The van der Waals surface area contributed by atoms with Crippen molar-refractivity contribution in [3.63, 3.8) is 0 Å². The van der Waals surface area contributed by atoms with E-state index in [2.05, 4.69) is 16.7 Å². The molecule has 1 fully saturated rings. The lowest BCUT2D eigenvalue weighted by atomic mass is 10.1. The maximum atomic E-state index is 12.9. The number of rotatable bonds is 3. The topological polar surface area (TPSA) is 26.7 Å². The lowest BCUT2D eigenvalue weighted by Crippen LogP contribution is -2.52. The van der Waals surface area contributed by atoms with E-state index in [9.17, 15) is 9.50 Å². The highest BCUT2D eigenvalue weighted by Gasteiger charge is 2.23. The first kappa shape index (κ1) is 13.3. The van der Waals surface area contributed by atoms with Crippen molar-refractivity contribution < 1.29 is 9.50 Å². The van der Waals surface area contributed by atoms with E-state index in [1.807, 2.05) is 19.1 Å². The first-order valence-corrected chi connectivity index (χ1v) is 6.50. The summed E-state index contributed by atoms with van der Waals surface area (Å²) in [5.41, 5.74) is 1.07. The summed E-state index contributed by atoms with van der Waals surface area (Å²) in [6.07, 6.45) is -0.303. The van der Waals surface area contributed by atoms with Gasteiger partial charge < -0.3 is 10.0 Å². The van der Waals surface area contributed by atoms with Crippen LogP contribution in [0.5, 0.6) is 0 Å². The monoisotopic (exact) mass is 252 g/mol. The highest BCUT2D eigenvalue weighted by atomic mass is 19.1. The van der Waals surface area contributed by atoms with Crippen LogP contribution in [0.25, 0.3) is 0 Å². The molecule has 2 unspecified atom stereocenters. The molecule has 3 nitrogen and oxygen atoms in total. The third-order valence-corrected chi connectivity index (χ3v) is 3.78. The van der Waals surface area contributed by atoms with Crippen LogP contribution in [0.1, 0.15) is 13.8 Å². The van der Waals surface area contributed by atoms with Crippen LogP contribution in [-0.4, -0.2) is 48.3 Å². The quantitative estimate of drug-likeness (QED) is 0.887. The molecule has 0 amide bonds. The van der Waals surface area contributed by atoms with Crippen molar-refractivity contribution in [1.29, 1.82) is 0 Å². The van der Waals surface area contributed by atoms with Gasteiger partial charge in [-0.3, -0.25) is 4.90 Å². The number of hydrogen-bond acceptors (Lipinski definition) is 3. The predicted octanol–water partition coefficient (Wildman–Crippen LogP) is 1.72. The zero-order valence-electron chi connectivity index (χ0n) is 11.0. The number of benzene rings is 1. The van der Waals surface area contributed by atoms with E-state index >= 15 is 0 Å². The molecule has 1 aromatic carbocycles. The molecule has 1 aromatic rings. The van der Waals surface area contributed by atoms with Crippen LogP contribution >= 0.6 is 0 Å². The molecular formula is C14H21FN2O. The maximum absolute atomic E-state index is 12.9. The van der Waals surface area contributed by atoms with Gasteiger partial charge in [-0.05, 0) is 38.1 Å². The smallest absolute Gasteiger partial charge is 0.123 e. The van der Waals surface area contributed by atoms with E-state index in [1.54, 1.807) is 0 Å². The average molecular weight is 252 g/mol. The molecule has 1 aliphatic heterocycles. The van der Waals surface area contributed by atoms with Gasteiger partial charge >= 0.3 is 0 Å². The number of halogens is 1. The number of hydrogen-bond donors (Lipinski definition) is 1. The first-order valence-electron chi connectivity index (χ1n) is 6.50. The standard InChI is InChI=1S/C14H21FN2O/c1-11(12(2)18)16-7-9-17(10-8-16)14-5-3-13(15)4-6-14/h3-6,11-12,18H,7-10H2,1-2H3. The molecule has 0 bridgehead atoms. The molecule has 1 aliphatic rings. The average Bonchev–Trinajstić information content (AvgIpc) is 2.39. The Morgan fingerprint density at radius 3 is 2.11 bits per heavy atom. The molecule has 2 rings (SSSR count). The van der Waals surface area contributed by atoms with Crippen LogP contribution in [0.3, 0.4) is 0 Å². The molecule has 4 heteroatoms. The van der Waals surface area contributed by atoms with Crippen LogP contribution in [0.2, 0.25) is 0 Å². The molecule has 2 atom stereocenters. The lowest BCUT2D eigenvalue weighted by Gasteiger charge is -2.40. The molecule has 18 heavy (non-hydrogen) atoms. The second-order valence-corrected chi connectivity index (χ2v) is 4.98. The van der Waals surface area contributed by atoms with Gasteiger partial charge in [0.1, 0.15) is 5.82 Å². The highest BCUT2D eigenvalue weighted by Crippen LogP contribution is 2.18. The van der Waals surface area contributed by atoms with E-state index in [-0.39, 0.29) is 18.0 Å². The van der Waals surface area contributed by atoms with Crippen molar-refractivity contribution in [2.45, 2.75) is 26.0 Å². The van der Waals surface area contributed by atoms with Crippen molar-refractivity contribution in [3.8, 4) is 0 Å². The van der Waals surface area contributed by atoms with Gasteiger partial charge in [-0.15, -0.1) is 0 Å². The van der Waals surface area contributed by atoms with Crippen LogP contribution in [-0.2, 0) is 0 Å². The minimum absolute atomic E-state index is 0.194. The van der Waals surface area contributed by atoms with Crippen LogP contribution in [0.4, 0.5) is 10.1 Å². The fraction of sp³-hybridized carbons (Fsp3) is 0.571. The largest absolute Gasteiger partial charge is 0.392 e. The number of piperazine rings is 1. The van der Waals surface area contributed by atoms with Crippen LogP contribution < -0.4 is 4.90 Å². The van der Waals surface area contributed by atoms with Crippen molar-refractivity contribution in [2.75, 3.05) is 31.1 Å². The van der Waals surface area contributed by atoms with E-state index < -0.39 is 0 Å². The number of anilines is 1. The van der Waals surface area contributed by atoms with Crippen molar-refractivity contribution >= 4 is 5.69 Å². The fourth-order valence-corrected chi connectivity index (χ4v) is 2.34. The highest BCUT2D eigenvalue weighted by molar-refractivity contribution is 5.46. The van der Waals surface area contributed by atoms with Gasteiger partial charge in [-0.2, -0.15) is 0 Å². The summed E-state index contributed by atoms with van der Waals surface area (Å²) in [6.45, 7) is 7.59. The van der Waals surface area contributed by atoms with Gasteiger partial charge in [0, 0.05) is 37.9 Å². The molecule has 0 aromatic heterocycles. The first-order chi connectivity index (χ1) is 8.58. The predicted molar refractivity (Wildman–Crippen MR) is 71.3 cm³/mol. The number of nitrogens with zero attached hydrogens (tertiary/aromatic N) is 2. The summed E-state index contributed by atoms with van der Waals surface area (Å²) in [5, 5.41) is 9.59. The summed E-state index contributed by atoms with van der Waals surface area (Å²) in [4.78, 5) is 4.55. The summed E-state index contributed by atoms with van der Waals surface area (Å²) >= 11 is 0. The van der Waals surface area contributed by atoms with E-state index in [0.29, 0.717) is 0 Å². The lowest BCUT2D eigenvalue weighted by molar-refractivity contribution is 0.0672. The van der Waals surface area contributed by atoms with Gasteiger partial charge in [0.2, 0.25) is 0 Å². The molecular weight excluding hydrogens is 231 g/mol. The maximum Gasteiger partial charge on any atom is 0.123 e. The summed E-state index contributed by atoms with van der Waals surface area (Å²) < 4.78 is 12.9. The second-order valence-electron chi connectivity index (χ2n) is 4.98. The molecule has 0 radical (unpaired) electrons. The zero-order valence-corrected chi connectivity index (χ0v) is 11.0. The van der Waals surface area contributed by atoms with Crippen molar-refractivity contribution in [3.05, 3.63) is 30.1 Å². The number of aliphatic hydroxyl groups is 1. The molecule has 1 N–H and O–H groups in total. The third kappa shape index (κ3) is 3.00. The van der Waals surface area contributed by atoms with Gasteiger partial charge in [0.25, 0.3) is 0 Å². The Kier molecular flexibility index (Phi) is 4.19. The Labute approximate surface area is 108 Å². The van der Waals surface area contributed by atoms with Crippen molar-refractivity contribution in [1.82, 2.24) is 4.90 Å². The minimum atomic E-state index is -0.303. The molecule has 0 saturated carbocycles.